The number of para-hydroxylation sites is 1. The van der Waals surface area contributed by atoms with Gasteiger partial charge in [0.15, 0.2) is 0 Å². The number of fused-ring (bicyclic) bond motifs is 1. The van der Waals surface area contributed by atoms with Crippen LogP contribution in [-0.2, 0) is 6.54 Å². The molecule has 0 fully saturated rings. The number of rotatable bonds is 3. The number of benzene rings is 2. The van der Waals surface area contributed by atoms with Gasteiger partial charge in [0.05, 0.1) is 10.9 Å². The second-order valence-corrected chi connectivity index (χ2v) is 4.75. The van der Waals surface area contributed by atoms with Crippen molar-refractivity contribution in [3.8, 4) is 0 Å². The molecule has 2 aromatic carbocycles. The highest BCUT2D eigenvalue weighted by Crippen LogP contribution is 2.12. The van der Waals surface area contributed by atoms with Crippen molar-refractivity contribution in [1.82, 2.24) is 9.97 Å². The predicted molar refractivity (Wildman–Crippen MR) is 80.9 cm³/mol. The smallest absolute Gasteiger partial charge is 0.260 e. The molecule has 0 aliphatic carbocycles. The van der Waals surface area contributed by atoms with Gasteiger partial charge in [-0.1, -0.05) is 42.5 Å². The van der Waals surface area contributed by atoms with E-state index in [0.717, 1.165) is 0 Å². The third kappa shape index (κ3) is 2.40. The summed E-state index contributed by atoms with van der Waals surface area (Å²) in [6, 6.07) is 17.4. The van der Waals surface area contributed by atoms with Crippen molar-refractivity contribution in [2.75, 3.05) is 11.9 Å². The van der Waals surface area contributed by atoms with E-state index < -0.39 is 0 Å². The lowest BCUT2D eigenvalue weighted by molar-refractivity contribution is 0.868. The maximum atomic E-state index is 12.0. The number of nitrogens with one attached hydrogen (secondary N) is 1. The average molecular weight is 265 g/mol. The standard InChI is InChI=1S/C16H15N3O/c1-19(11-12-7-3-2-4-8-12)16-17-14-10-6-5-9-13(14)15(20)18-16/h2-10H,11H2,1H3,(H,17,18,20). The maximum absolute atomic E-state index is 12.0. The normalized spacial score (nSPS) is 10.7. The van der Waals surface area contributed by atoms with E-state index in [0.29, 0.717) is 23.4 Å². The predicted octanol–water partition coefficient (Wildman–Crippen LogP) is 2.56. The second-order valence-electron chi connectivity index (χ2n) is 4.75. The Morgan fingerprint density at radius 1 is 1.05 bits per heavy atom. The zero-order chi connectivity index (χ0) is 13.9. The van der Waals surface area contributed by atoms with E-state index in [1.807, 2.05) is 48.3 Å². The van der Waals surface area contributed by atoms with Crippen LogP contribution in [0.15, 0.2) is 59.4 Å². The fraction of sp³-hybridized carbons (Fsp3) is 0.125. The van der Waals surface area contributed by atoms with E-state index in [9.17, 15) is 4.79 Å². The summed E-state index contributed by atoms with van der Waals surface area (Å²) < 4.78 is 0. The highest BCUT2D eigenvalue weighted by molar-refractivity contribution is 5.78. The van der Waals surface area contributed by atoms with Crippen LogP contribution in [-0.4, -0.2) is 17.0 Å². The lowest BCUT2D eigenvalue weighted by Crippen LogP contribution is -2.22. The lowest BCUT2D eigenvalue weighted by atomic mass is 10.2. The number of anilines is 1. The number of aromatic amines is 1. The molecule has 0 aliphatic rings. The van der Waals surface area contributed by atoms with Crippen LogP contribution in [0.3, 0.4) is 0 Å². The topological polar surface area (TPSA) is 49.0 Å². The molecule has 4 nitrogen and oxygen atoms in total. The van der Waals surface area contributed by atoms with Gasteiger partial charge >= 0.3 is 0 Å². The third-order valence-corrected chi connectivity index (χ3v) is 3.22. The molecule has 0 unspecified atom stereocenters. The van der Waals surface area contributed by atoms with Crippen LogP contribution < -0.4 is 10.5 Å². The van der Waals surface area contributed by atoms with Crippen LogP contribution in [0.2, 0.25) is 0 Å². The van der Waals surface area contributed by atoms with Crippen molar-refractivity contribution in [2.45, 2.75) is 6.54 Å². The first-order valence-corrected chi connectivity index (χ1v) is 6.48. The van der Waals surface area contributed by atoms with Gasteiger partial charge in [-0.25, -0.2) is 4.98 Å². The van der Waals surface area contributed by atoms with E-state index in [2.05, 4.69) is 22.1 Å². The zero-order valence-electron chi connectivity index (χ0n) is 11.2. The van der Waals surface area contributed by atoms with Crippen LogP contribution in [0.5, 0.6) is 0 Å². The van der Waals surface area contributed by atoms with Crippen molar-refractivity contribution in [3.63, 3.8) is 0 Å². The summed E-state index contributed by atoms with van der Waals surface area (Å²) in [5.41, 5.74) is 1.78. The molecule has 100 valence electrons. The molecule has 20 heavy (non-hydrogen) atoms. The fourth-order valence-electron chi connectivity index (χ4n) is 2.19. The monoisotopic (exact) mass is 265 g/mol. The molecule has 1 heterocycles. The number of H-pyrrole nitrogens is 1. The summed E-state index contributed by atoms with van der Waals surface area (Å²) in [5.74, 6) is 0.581. The Morgan fingerprint density at radius 3 is 2.55 bits per heavy atom. The van der Waals surface area contributed by atoms with Gasteiger partial charge in [-0.15, -0.1) is 0 Å². The Morgan fingerprint density at radius 2 is 1.75 bits per heavy atom. The van der Waals surface area contributed by atoms with E-state index in [-0.39, 0.29) is 5.56 Å². The molecule has 1 N–H and O–H groups in total. The molecule has 4 heteroatoms. The summed E-state index contributed by atoms with van der Waals surface area (Å²) in [5, 5.41) is 0.615. The quantitative estimate of drug-likeness (QED) is 0.791. The highest BCUT2D eigenvalue weighted by Gasteiger charge is 2.07. The molecule has 0 saturated carbocycles. The minimum atomic E-state index is -0.106. The second kappa shape index (κ2) is 5.17. The third-order valence-electron chi connectivity index (χ3n) is 3.22. The van der Waals surface area contributed by atoms with Crippen molar-refractivity contribution in [1.29, 1.82) is 0 Å². The number of nitrogens with zero attached hydrogens (tertiary/aromatic N) is 2. The number of aromatic nitrogens is 2. The number of hydrogen-bond donors (Lipinski definition) is 1. The molecule has 0 saturated heterocycles. The van der Waals surface area contributed by atoms with E-state index in [1.165, 1.54) is 5.56 Å². The van der Waals surface area contributed by atoms with Crippen LogP contribution in [0.1, 0.15) is 5.56 Å². The summed E-state index contributed by atoms with van der Waals surface area (Å²) in [7, 11) is 1.92. The van der Waals surface area contributed by atoms with Crippen molar-refractivity contribution in [3.05, 3.63) is 70.5 Å². The molecular formula is C16H15N3O. The van der Waals surface area contributed by atoms with Crippen LogP contribution in [0.4, 0.5) is 5.95 Å². The molecular weight excluding hydrogens is 250 g/mol. The van der Waals surface area contributed by atoms with Gasteiger partial charge in [0.25, 0.3) is 5.56 Å². The van der Waals surface area contributed by atoms with Crippen LogP contribution >= 0.6 is 0 Å². The van der Waals surface area contributed by atoms with Crippen LogP contribution in [0.25, 0.3) is 10.9 Å². The Kier molecular flexibility index (Phi) is 3.21. The first-order chi connectivity index (χ1) is 9.74. The summed E-state index contributed by atoms with van der Waals surface area (Å²) in [6.45, 7) is 0.697. The van der Waals surface area contributed by atoms with Gasteiger partial charge in [0.1, 0.15) is 0 Å². The van der Waals surface area contributed by atoms with Gasteiger partial charge in [0, 0.05) is 13.6 Å². The Bertz CT molecular complexity index is 780. The SMILES string of the molecule is CN(Cc1ccccc1)c1nc2ccccc2c(=O)[nH]1. The Balaban J connectivity index is 1.96. The molecule has 0 bridgehead atoms. The van der Waals surface area contributed by atoms with Gasteiger partial charge in [0.2, 0.25) is 5.95 Å². The largest absolute Gasteiger partial charge is 0.341 e. The van der Waals surface area contributed by atoms with Gasteiger partial charge < -0.3 is 4.90 Å². The minimum Gasteiger partial charge on any atom is -0.341 e. The number of hydrogen-bond acceptors (Lipinski definition) is 3. The maximum Gasteiger partial charge on any atom is 0.260 e. The minimum absolute atomic E-state index is 0.106. The molecule has 3 rings (SSSR count). The Labute approximate surface area is 116 Å². The van der Waals surface area contributed by atoms with Crippen molar-refractivity contribution in [2.24, 2.45) is 0 Å². The molecule has 0 spiro atoms. The summed E-state index contributed by atoms with van der Waals surface area (Å²) >= 11 is 0. The first-order valence-electron chi connectivity index (χ1n) is 6.48. The average Bonchev–Trinajstić information content (AvgIpc) is 2.48. The summed E-state index contributed by atoms with van der Waals surface area (Å²) in [6.07, 6.45) is 0. The molecule has 0 atom stereocenters. The Hall–Kier alpha value is -2.62. The molecule has 1 aromatic heterocycles. The van der Waals surface area contributed by atoms with Gasteiger partial charge in [-0.3, -0.25) is 9.78 Å². The first kappa shape index (κ1) is 12.4. The molecule has 0 radical (unpaired) electrons. The summed E-state index contributed by atoms with van der Waals surface area (Å²) in [4.78, 5) is 21.3. The van der Waals surface area contributed by atoms with E-state index in [1.54, 1.807) is 6.07 Å². The highest BCUT2D eigenvalue weighted by atomic mass is 16.1. The molecule has 0 aliphatic heterocycles. The van der Waals surface area contributed by atoms with Crippen LogP contribution in [0, 0.1) is 0 Å². The van der Waals surface area contributed by atoms with Gasteiger partial charge in [-0.05, 0) is 17.7 Å². The fourth-order valence-corrected chi connectivity index (χ4v) is 2.19. The van der Waals surface area contributed by atoms with Crippen molar-refractivity contribution < 1.29 is 0 Å². The van der Waals surface area contributed by atoms with Crippen molar-refractivity contribution >= 4 is 16.9 Å². The lowest BCUT2D eigenvalue weighted by Gasteiger charge is -2.17. The molecule has 3 aromatic rings. The van der Waals surface area contributed by atoms with Gasteiger partial charge in [-0.2, -0.15) is 0 Å². The zero-order valence-corrected chi connectivity index (χ0v) is 11.2. The van der Waals surface area contributed by atoms with E-state index >= 15 is 0 Å². The molecule has 0 amide bonds. The van der Waals surface area contributed by atoms with E-state index in [4.69, 9.17) is 0 Å².